The van der Waals surface area contributed by atoms with E-state index in [1.165, 1.54) is 12.3 Å². The van der Waals surface area contributed by atoms with Crippen LogP contribution in [0, 0.1) is 11.3 Å². The Hall–Kier alpha value is 4.02. The Labute approximate surface area is 344 Å². The molecule has 0 bridgehead atoms. The van der Waals surface area contributed by atoms with Crippen molar-refractivity contribution in [2.45, 2.75) is 18.4 Å². The first-order valence-corrected chi connectivity index (χ1v) is 8.49. The molecule has 6 radical (unpaired) electrons. The van der Waals surface area contributed by atoms with Gasteiger partial charge in [-0.2, -0.15) is 5.26 Å². The minimum absolute atomic E-state index is 0. The van der Waals surface area contributed by atoms with Gasteiger partial charge in [0.2, 0.25) is 5.91 Å². The SMILES string of the molecule is N#CC1CC(F)(F)CN1C(=O)CNC(=O)c1ccnc2cc(Br)ccc12.[Y].[Y].[Y].[Y].[Y].[Y]. The van der Waals surface area contributed by atoms with Gasteiger partial charge < -0.3 is 10.2 Å². The number of hydrogen-bond donors (Lipinski definition) is 1. The van der Waals surface area contributed by atoms with Crippen LogP contribution >= 0.6 is 15.9 Å². The molecule has 1 fully saturated rings. The number of hydrogen-bond acceptors (Lipinski definition) is 4. The molecule has 0 saturated carbocycles. The second-order valence-electron chi connectivity index (χ2n) is 5.93. The number of benzene rings is 1. The quantitative estimate of drug-likeness (QED) is 0.514. The van der Waals surface area contributed by atoms with Gasteiger partial charge in [-0.25, -0.2) is 8.78 Å². The van der Waals surface area contributed by atoms with Crippen molar-refractivity contribution in [3.8, 4) is 6.07 Å². The summed E-state index contributed by atoms with van der Waals surface area (Å²) < 4.78 is 27.6. The van der Waals surface area contributed by atoms with E-state index in [0.717, 1.165) is 9.37 Å². The van der Waals surface area contributed by atoms with E-state index in [-0.39, 0.29) is 196 Å². The molecule has 1 aromatic carbocycles. The second kappa shape index (κ2) is 20.0. The first-order chi connectivity index (χ1) is 12.3. The van der Waals surface area contributed by atoms with Crippen LogP contribution in [0.2, 0.25) is 0 Å². The van der Waals surface area contributed by atoms with Gasteiger partial charge in [-0.1, -0.05) is 22.0 Å². The monoisotopic (exact) mass is 955 g/mol. The third-order valence-electron chi connectivity index (χ3n) is 4.09. The molecule has 1 aromatic heterocycles. The number of nitriles is 1. The number of halogens is 3. The van der Waals surface area contributed by atoms with Gasteiger partial charge in [0.25, 0.3) is 11.8 Å². The number of fused-ring (bicyclic) bond motifs is 1. The molecule has 152 valence electrons. The summed E-state index contributed by atoms with van der Waals surface area (Å²) in [6, 6.07) is 7.25. The second-order valence-corrected chi connectivity index (χ2v) is 6.84. The summed E-state index contributed by atoms with van der Waals surface area (Å²) >= 11 is 3.32. The molecule has 1 atom stereocenters. The zero-order valence-electron chi connectivity index (χ0n) is 16.8. The predicted octanol–water partition coefficient (Wildman–Crippen LogP) is 2.47. The Morgan fingerprint density at radius 3 is 2.41 bits per heavy atom. The minimum Gasteiger partial charge on any atom is -0.343 e. The number of rotatable bonds is 3. The average Bonchev–Trinajstić information content (AvgIpc) is 2.93. The largest absolute Gasteiger partial charge is 0.343 e. The van der Waals surface area contributed by atoms with Crippen molar-refractivity contribution in [1.29, 1.82) is 5.26 Å². The predicted molar refractivity (Wildman–Crippen MR) is 92.5 cm³/mol. The minimum atomic E-state index is -3.09. The summed E-state index contributed by atoms with van der Waals surface area (Å²) in [5, 5.41) is 12.0. The Morgan fingerprint density at radius 2 is 1.81 bits per heavy atom. The number of nitrogens with zero attached hydrogens (tertiary/aromatic N) is 3. The maximum absolute atomic E-state index is 13.4. The molecule has 1 aliphatic heterocycles. The van der Waals surface area contributed by atoms with E-state index in [1.54, 1.807) is 24.3 Å². The molecule has 0 aliphatic carbocycles. The van der Waals surface area contributed by atoms with Crippen LogP contribution in [-0.2, 0) is 201 Å². The maximum atomic E-state index is 13.4. The van der Waals surface area contributed by atoms with Gasteiger partial charge >= 0.3 is 0 Å². The van der Waals surface area contributed by atoms with Crippen LogP contribution in [0.3, 0.4) is 0 Å². The van der Waals surface area contributed by atoms with Crippen molar-refractivity contribution in [3.63, 3.8) is 0 Å². The number of amides is 2. The van der Waals surface area contributed by atoms with E-state index in [2.05, 4.69) is 26.2 Å². The molecule has 2 heterocycles. The number of alkyl halides is 2. The maximum Gasteiger partial charge on any atom is 0.268 e. The van der Waals surface area contributed by atoms with Crippen molar-refractivity contribution in [2.75, 3.05) is 13.1 Å². The summed E-state index contributed by atoms with van der Waals surface area (Å²) in [5.41, 5.74) is 0.918. The number of pyridine rings is 1. The van der Waals surface area contributed by atoms with Gasteiger partial charge in [-0.15, -0.1) is 0 Å². The van der Waals surface area contributed by atoms with Crippen LogP contribution in [0.25, 0.3) is 10.9 Å². The first-order valence-electron chi connectivity index (χ1n) is 7.70. The van der Waals surface area contributed by atoms with E-state index in [0.29, 0.717) is 16.5 Å². The van der Waals surface area contributed by atoms with Gasteiger partial charge in [0, 0.05) is 219 Å². The zero-order chi connectivity index (χ0) is 18.9. The number of nitrogens with one attached hydrogen (secondary N) is 1. The molecule has 1 saturated heterocycles. The Morgan fingerprint density at radius 1 is 1.19 bits per heavy atom. The smallest absolute Gasteiger partial charge is 0.268 e. The van der Waals surface area contributed by atoms with Crippen molar-refractivity contribution in [1.82, 2.24) is 15.2 Å². The van der Waals surface area contributed by atoms with Gasteiger partial charge in [0.15, 0.2) is 0 Å². The number of carbonyl (C=O) groups excluding carboxylic acids is 2. The van der Waals surface area contributed by atoms with E-state index in [1.807, 2.05) is 0 Å². The van der Waals surface area contributed by atoms with Crippen LogP contribution in [0.15, 0.2) is 34.9 Å². The molecule has 1 N–H and O–H groups in total. The van der Waals surface area contributed by atoms with Crippen molar-refractivity contribution in [3.05, 3.63) is 40.5 Å². The molecule has 3 rings (SSSR count). The van der Waals surface area contributed by atoms with Gasteiger partial charge in [0.1, 0.15) is 6.04 Å². The third-order valence-corrected chi connectivity index (χ3v) is 4.58. The molecule has 2 amide bonds. The zero-order valence-corrected chi connectivity index (χ0v) is 35.5. The average molecular weight is 957 g/mol. The normalized spacial score (nSPS) is 15.1. The van der Waals surface area contributed by atoms with Gasteiger partial charge in [-0.05, 0) is 18.2 Å². The molecule has 2 aromatic rings. The molecule has 32 heavy (non-hydrogen) atoms. The molecular weight excluding hydrogens is 944 g/mol. The number of likely N-dealkylation sites (tertiary alicyclic amines) is 1. The molecule has 6 nitrogen and oxygen atoms in total. The van der Waals surface area contributed by atoms with E-state index < -0.39 is 43.3 Å². The Bertz CT molecular complexity index is 951. The van der Waals surface area contributed by atoms with Crippen LogP contribution in [0.4, 0.5) is 8.78 Å². The topological polar surface area (TPSA) is 86.1 Å². The third kappa shape index (κ3) is 11.8. The van der Waals surface area contributed by atoms with Crippen LogP contribution in [0.1, 0.15) is 16.8 Å². The fourth-order valence-corrected chi connectivity index (χ4v) is 3.22. The summed E-state index contributed by atoms with van der Waals surface area (Å²) in [7, 11) is 0. The fourth-order valence-electron chi connectivity index (χ4n) is 2.87. The summed E-state index contributed by atoms with van der Waals surface area (Å²) in [4.78, 5) is 29.5. The summed E-state index contributed by atoms with van der Waals surface area (Å²) in [6.45, 7) is -1.28. The van der Waals surface area contributed by atoms with Crippen LogP contribution in [-0.4, -0.2) is 46.8 Å². The summed E-state index contributed by atoms with van der Waals surface area (Å²) in [5.74, 6) is -4.33. The van der Waals surface area contributed by atoms with E-state index >= 15 is 0 Å². The van der Waals surface area contributed by atoms with Gasteiger partial charge in [0.05, 0.1) is 30.2 Å². The summed E-state index contributed by atoms with van der Waals surface area (Å²) in [6.07, 6.45) is 0.783. The van der Waals surface area contributed by atoms with Gasteiger partial charge in [-0.3, -0.25) is 14.6 Å². The van der Waals surface area contributed by atoms with Crippen molar-refractivity contribution in [2.24, 2.45) is 0 Å². The molecule has 1 unspecified atom stereocenters. The van der Waals surface area contributed by atoms with E-state index in [9.17, 15) is 18.4 Å². The molecule has 1 aliphatic rings. The Kier molecular flexibility index (Phi) is 26.9. The Balaban J connectivity index is -0.000000653. The van der Waals surface area contributed by atoms with Crippen molar-refractivity contribution < 1.29 is 215 Å². The molecular formula is C17H13BrF2N4O2Y6. The number of aromatic nitrogens is 1. The van der Waals surface area contributed by atoms with Crippen LogP contribution < -0.4 is 5.32 Å². The van der Waals surface area contributed by atoms with Crippen LogP contribution in [0.5, 0.6) is 0 Å². The fraction of sp³-hybridized carbons (Fsp3) is 0.294. The first kappa shape index (κ1) is 43.1. The molecule has 15 heteroatoms. The van der Waals surface area contributed by atoms with Crippen molar-refractivity contribution >= 4 is 38.6 Å². The standard InChI is InChI=1S/C17H13BrF2N4O2.6Y/c18-10-1-2-12-13(3-4-22-14(12)5-10)16(26)23-8-15(25)24-9-17(19,20)6-11(24)7-21;;;;;;/h1-5,11H,6,8-9H2,(H,23,26);;;;;;. The number of carbonyl (C=O) groups is 2. The molecule has 0 spiro atoms. The van der Waals surface area contributed by atoms with E-state index in [4.69, 9.17) is 5.26 Å².